The minimum Gasteiger partial charge on any atom is -0.350 e. The Bertz CT molecular complexity index is 686. The van der Waals surface area contributed by atoms with Crippen molar-refractivity contribution in [2.24, 2.45) is 5.92 Å². The van der Waals surface area contributed by atoms with Crippen LogP contribution < -0.4 is 15.5 Å². The van der Waals surface area contributed by atoms with Gasteiger partial charge in [-0.2, -0.15) is 0 Å². The van der Waals surface area contributed by atoms with Gasteiger partial charge in [0, 0.05) is 12.6 Å². The summed E-state index contributed by atoms with van der Waals surface area (Å²) in [6.45, 7) is 2.35. The summed E-state index contributed by atoms with van der Waals surface area (Å²) < 4.78 is 0.785. The van der Waals surface area contributed by atoms with Crippen LogP contribution in [0, 0.1) is 5.92 Å². The van der Waals surface area contributed by atoms with Crippen LogP contribution in [-0.2, 0) is 14.4 Å². The fourth-order valence-corrected chi connectivity index (χ4v) is 3.18. The average molecular weight is 394 g/mol. The smallest absolute Gasteiger partial charge is 0.331 e. The Morgan fingerprint density at radius 3 is 2.93 bits per heavy atom. The van der Waals surface area contributed by atoms with Crippen molar-refractivity contribution in [1.82, 2.24) is 15.5 Å². The normalized spacial score (nSPS) is 17.2. The summed E-state index contributed by atoms with van der Waals surface area (Å²) in [5, 5.41) is 23.6. The third-order valence-corrected chi connectivity index (χ3v) is 4.68. The van der Waals surface area contributed by atoms with Crippen LogP contribution in [0.4, 0.5) is 5.82 Å². The summed E-state index contributed by atoms with van der Waals surface area (Å²) >= 11 is 0. The Balaban J connectivity index is 2.08. The van der Waals surface area contributed by atoms with Crippen molar-refractivity contribution in [3.8, 4) is 0 Å². The molecule has 10 heteroatoms. The van der Waals surface area contributed by atoms with Gasteiger partial charge in [0.2, 0.25) is 12.3 Å². The van der Waals surface area contributed by atoms with E-state index in [1.165, 1.54) is 17.3 Å². The summed E-state index contributed by atoms with van der Waals surface area (Å²) in [7, 11) is 0. The average Bonchev–Trinajstić information content (AvgIpc) is 3.18. The highest BCUT2D eigenvalue weighted by Crippen LogP contribution is 2.19. The third kappa shape index (κ3) is 5.64. The molecule has 0 saturated carbocycles. The molecule has 1 aliphatic rings. The molecule has 0 radical (unpaired) electrons. The number of hydrogen-bond acceptors (Lipinski definition) is 6. The van der Waals surface area contributed by atoms with Crippen molar-refractivity contribution in [1.29, 1.82) is 0 Å². The second kappa shape index (κ2) is 10.6. The van der Waals surface area contributed by atoms with E-state index in [1.54, 1.807) is 12.1 Å². The monoisotopic (exact) mass is 394 g/mol. The van der Waals surface area contributed by atoms with Crippen LogP contribution in [-0.4, -0.2) is 57.8 Å². The highest BCUT2D eigenvalue weighted by Gasteiger charge is 2.40. The standard InChI is InChI=1S/C18H27N5O5/c1-2-3-4-7-14(12-21(27)13-24)18(26)23-15(9-10-19-23)17(25)20-16-8-5-6-11-22(16)28/h5-6,8,11,13-15,19,27-28H,2-4,7,9-10,12H2,1H3/p+1/t14-,15+/m1/s1. The fourth-order valence-electron chi connectivity index (χ4n) is 3.18. The summed E-state index contributed by atoms with van der Waals surface area (Å²) in [5.74, 6) is -1.22. The molecule has 0 spiro atoms. The van der Waals surface area contributed by atoms with E-state index in [0.29, 0.717) is 24.4 Å². The quantitative estimate of drug-likeness (QED) is 0.113. The molecule has 0 aromatic carbocycles. The number of hydroxylamine groups is 2. The number of pyridine rings is 1. The van der Waals surface area contributed by atoms with E-state index in [0.717, 1.165) is 24.0 Å². The van der Waals surface area contributed by atoms with Crippen molar-refractivity contribution in [3.63, 3.8) is 0 Å². The Hall–Kier alpha value is -2.72. The molecule has 1 aliphatic heterocycles. The topological polar surface area (TPSA) is 126 Å². The number of rotatable bonds is 10. The lowest BCUT2D eigenvalue weighted by atomic mass is 9.99. The lowest BCUT2D eigenvalue weighted by molar-refractivity contribution is -0.893. The molecule has 3 amide bonds. The third-order valence-electron chi connectivity index (χ3n) is 4.68. The van der Waals surface area contributed by atoms with Gasteiger partial charge in [-0.05, 0) is 18.9 Å². The number of amides is 3. The van der Waals surface area contributed by atoms with Gasteiger partial charge in [0.1, 0.15) is 6.20 Å². The van der Waals surface area contributed by atoms with E-state index in [-0.39, 0.29) is 24.7 Å². The predicted molar refractivity (Wildman–Crippen MR) is 97.9 cm³/mol. The number of hydrogen-bond donors (Lipinski definition) is 4. The Labute approximate surface area is 163 Å². The minimum absolute atomic E-state index is 0.131. The number of carbonyl (C=O) groups is 3. The molecule has 4 N–H and O–H groups in total. The van der Waals surface area contributed by atoms with Crippen LogP contribution in [0.25, 0.3) is 0 Å². The predicted octanol–water partition coefficient (Wildman–Crippen LogP) is 0.300. The van der Waals surface area contributed by atoms with Gasteiger partial charge in [-0.15, -0.1) is 0 Å². The molecule has 0 bridgehead atoms. The fraction of sp³-hybridized carbons (Fsp3) is 0.556. The van der Waals surface area contributed by atoms with Gasteiger partial charge in [0.25, 0.3) is 0 Å². The van der Waals surface area contributed by atoms with Crippen LogP contribution in [0.2, 0.25) is 0 Å². The second-order valence-corrected chi connectivity index (χ2v) is 6.76. The molecule has 154 valence electrons. The molecule has 1 fully saturated rings. The number of unbranched alkanes of at least 4 members (excludes halogenated alkanes) is 2. The highest BCUT2D eigenvalue weighted by atomic mass is 16.5. The number of anilines is 1. The first-order valence-corrected chi connectivity index (χ1v) is 9.46. The zero-order chi connectivity index (χ0) is 20.5. The van der Waals surface area contributed by atoms with E-state index < -0.39 is 17.9 Å². The number of nitrogens with zero attached hydrogens (tertiary/aromatic N) is 3. The number of carbonyl (C=O) groups excluding carboxylic acids is 3. The molecule has 0 aliphatic carbocycles. The Morgan fingerprint density at radius 2 is 2.25 bits per heavy atom. The van der Waals surface area contributed by atoms with Crippen molar-refractivity contribution in [3.05, 3.63) is 24.4 Å². The Kier molecular flexibility index (Phi) is 8.15. The molecule has 1 saturated heterocycles. The maximum atomic E-state index is 13.0. The van der Waals surface area contributed by atoms with Gasteiger partial charge in [-0.1, -0.05) is 37.0 Å². The molecular formula is C18H28N5O5+. The lowest BCUT2D eigenvalue weighted by Crippen LogP contribution is -2.52. The van der Waals surface area contributed by atoms with Gasteiger partial charge in [0.15, 0.2) is 6.04 Å². The minimum atomic E-state index is -0.759. The molecule has 28 heavy (non-hydrogen) atoms. The number of hydrazine groups is 1. The van der Waals surface area contributed by atoms with E-state index in [1.807, 2.05) is 6.92 Å². The molecule has 2 atom stereocenters. The summed E-state index contributed by atoms with van der Waals surface area (Å²) in [5.41, 5.74) is 2.92. The van der Waals surface area contributed by atoms with Gasteiger partial charge < -0.3 is 5.21 Å². The second-order valence-electron chi connectivity index (χ2n) is 6.76. The van der Waals surface area contributed by atoms with Crippen molar-refractivity contribution >= 4 is 24.0 Å². The number of aromatic nitrogens is 1. The molecular weight excluding hydrogens is 366 g/mol. The molecule has 2 rings (SSSR count). The number of nitrogens with one attached hydrogen (secondary N) is 2. The van der Waals surface area contributed by atoms with Crippen molar-refractivity contribution < 1.29 is 29.5 Å². The van der Waals surface area contributed by atoms with Gasteiger partial charge >= 0.3 is 11.7 Å². The zero-order valence-electron chi connectivity index (χ0n) is 16.0. The lowest BCUT2D eigenvalue weighted by Gasteiger charge is -2.27. The maximum Gasteiger partial charge on any atom is 0.331 e. The molecule has 1 aromatic rings. The van der Waals surface area contributed by atoms with Crippen LogP contribution in [0.3, 0.4) is 0 Å². The zero-order valence-corrected chi connectivity index (χ0v) is 16.0. The van der Waals surface area contributed by atoms with Gasteiger partial charge in [-0.3, -0.25) is 19.8 Å². The largest absolute Gasteiger partial charge is 0.350 e. The first kappa shape index (κ1) is 21.6. The SMILES string of the molecule is CCCCC[C@H](CN(O)C=O)C(=O)N1NCC[C@H]1C(=O)Nc1cccc[n+]1O. The van der Waals surface area contributed by atoms with E-state index in [4.69, 9.17) is 0 Å². The summed E-state index contributed by atoms with van der Waals surface area (Å²) in [4.78, 5) is 36.4. The first-order chi connectivity index (χ1) is 13.5. The summed E-state index contributed by atoms with van der Waals surface area (Å²) in [6.07, 6.45) is 5.23. The van der Waals surface area contributed by atoms with Crippen LogP contribution in [0.5, 0.6) is 0 Å². The summed E-state index contributed by atoms with van der Waals surface area (Å²) in [6, 6.07) is 4.05. The highest BCUT2D eigenvalue weighted by molar-refractivity contribution is 5.96. The maximum absolute atomic E-state index is 13.0. The van der Waals surface area contributed by atoms with E-state index in [9.17, 15) is 24.8 Å². The molecule has 2 heterocycles. The van der Waals surface area contributed by atoms with Gasteiger partial charge in [-0.25, -0.2) is 20.6 Å². The van der Waals surface area contributed by atoms with Crippen molar-refractivity contribution in [2.45, 2.75) is 45.1 Å². The van der Waals surface area contributed by atoms with E-state index >= 15 is 0 Å². The first-order valence-electron chi connectivity index (χ1n) is 9.46. The van der Waals surface area contributed by atoms with Crippen molar-refractivity contribution in [2.75, 3.05) is 18.4 Å². The van der Waals surface area contributed by atoms with Crippen LogP contribution in [0.1, 0.15) is 39.0 Å². The molecule has 1 aromatic heterocycles. The Morgan fingerprint density at radius 1 is 1.46 bits per heavy atom. The van der Waals surface area contributed by atoms with Gasteiger partial charge in [0.05, 0.1) is 12.5 Å². The van der Waals surface area contributed by atoms with Crippen LogP contribution >= 0.6 is 0 Å². The molecule has 0 unspecified atom stereocenters. The van der Waals surface area contributed by atoms with E-state index in [2.05, 4.69) is 10.7 Å². The molecule has 10 nitrogen and oxygen atoms in total. The van der Waals surface area contributed by atoms with Crippen LogP contribution in [0.15, 0.2) is 24.4 Å².